The van der Waals surface area contributed by atoms with Gasteiger partial charge in [0.1, 0.15) is 12.1 Å². The Hall–Kier alpha value is -2.43. The summed E-state index contributed by atoms with van der Waals surface area (Å²) in [6.07, 6.45) is 1.65. The molecule has 5 nitrogen and oxygen atoms in total. The molecular weight excluding hydrogens is 262 g/mol. The molecule has 0 unspecified atom stereocenters. The van der Waals surface area contributed by atoms with Crippen molar-refractivity contribution in [1.82, 2.24) is 19.7 Å². The van der Waals surface area contributed by atoms with Crippen LogP contribution < -0.4 is 4.90 Å². The topological polar surface area (TPSA) is 46.8 Å². The van der Waals surface area contributed by atoms with Gasteiger partial charge < -0.3 is 4.90 Å². The molecule has 0 N–H and O–H groups in total. The molecule has 0 atom stereocenters. The molecular formula is C16H17N5. The van der Waals surface area contributed by atoms with Crippen LogP contribution in [-0.2, 0) is 0 Å². The van der Waals surface area contributed by atoms with Gasteiger partial charge in [-0.2, -0.15) is 5.10 Å². The van der Waals surface area contributed by atoms with E-state index in [0.29, 0.717) is 6.04 Å². The van der Waals surface area contributed by atoms with E-state index in [4.69, 9.17) is 0 Å². The van der Waals surface area contributed by atoms with Crippen LogP contribution in [0.3, 0.4) is 0 Å². The van der Waals surface area contributed by atoms with Crippen molar-refractivity contribution in [2.24, 2.45) is 0 Å². The number of rotatable bonds is 2. The van der Waals surface area contributed by atoms with Crippen LogP contribution in [0.5, 0.6) is 0 Å². The third-order valence-corrected chi connectivity index (χ3v) is 4.07. The number of aromatic nitrogens is 4. The van der Waals surface area contributed by atoms with Crippen molar-refractivity contribution >= 4 is 16.7 Å². The molecule has 106 valence electrons. The van der Waals surface area contributed by atoms with Gasteiger partial charge in [-0.25, -0.2) is 9.97 Å². The lowest BCUT2D eigenvalue weighted by Crippen LogP contribution is -2.48. The van der Waals surface area contributed by atoms with Crippen LogP contribution in [0, 0.1) is 13.8 Å². The van der Waals surface area contributed by atoms with E-state index in [2.05, 4.69) is 43.7 Å². The zero-order valence-electron chi connectivity index (χ0n) is 12.2. The molecule has 4 rings (SSSR count). The minimum Gasteiger partial charge on any atom is -0.352 e. The summed E-state index contributed by atoms with van der Waals surface area (Å²) >= 11 is 0. The van der Waals surface area contributed by atoms with E-state index in [1.165, 1.54) is 5.69 Å². The van der Waals surface area contributed by atoms with E-state index < -0.39 is 0 Å². The van der Waals surface area contributed by atoms with Crippen molar-refractivity contribution in [3.05, 3.63) is 48.0 Å². The molecule has 21 heavy (non-hydrogen) atoms. The van der Waals surface area contributed by atoms with Crippen LogP contribution in [0.2, 0.25) is 0 Å². The smallest absolute Gasteiger partial charge is 0.140 e. The summed E-state index contributed by atoms with van der Waals surface area (Å²) in [5.41, 5.74) is 3.31. The number of aryl methyl sites for hydroxylation is 2. The molecule has 0 spiro atoms. The highest BCUT2D eigenvalue weighted by Gasteiger charge is 2.31. The highest BCUT2D eigenvalue weighted by atomic mass is 15.4. The second-order valence-electron chi connectivity index (χ2n) is 5.64. The largest absolute Gasteiger partial charge is 0.352 e. The van der Waals surface area contributed by atoms with E-state index in [1.807, 2.05) is 25.1 Å². The molecule has 0 saturated carbocycles. The van der Waals surface area contributed by atoms with E-state index >= 15 is 0 Å². The lowest BCUT2D eigenvalue weighted by molar-refractivity contribution is 0.359. The van der Waals surface area contributed by atoms with Crippen LogP contribution in [0.1, 0.15) is 17.4 Å². The Morgan fingerprint density at radius 2 is 1.90 bits per heavy atom. The molecule has 1 aromatic carbocycles. The summed E-state index contributed by atoms with van der Waals surface area (Å²) in [4.78, 5) is 11.1. The number of nitrogens with zero attached hydrogens (tertiary/aromatic N) is 5. The van der Waals surface area contributed by atoms with Crippen LogP contribution in [0.15, 0.2) is 36.7 Å². The van der Waals surface area contributed by atoms with Crippen LogP contribution >= 0.6 is 0 Å². The number of benzene rings is 1. The van der Waals surface area contributed by atoms with Crippen molar-refractivity contribution in [3.63, 3.8) is 0 Å². The first kappa shape index (κ1) is 12.3. The fourth-order valence-corrected chi connectivity index (χ4v) is 3.04. The van der Waals surface area contributed by atoms with Crippen molar-refractivity contribution in [2.45, 2.75) is 19.9 Å². The van der Waals surface area contributed by atoms with Gasteiger partial charge in [0.2, 0.25) is 0 Å². The third-order valence-electron chi connectivity index (χ3n) is 4.07. The molecule has 0 aliphatic carbocycles. The predicted octanol–water partition coefficient (Wildman–Crippen LogP) is 2.50. The maximum absolute atomic E-state index is 4.58. The van der Waals surface area contributed by atoms with Gasteiger partial charge in [0.25, 0.3) is 0 Å². The lowest BCUT2D eigenvalue weighted by atomic mass is 10.1. The van der Waals surface area contributed by atoms with Gasteiger partial charge >= 0.3 is 0 Å². The van der Waals surface area contributed by atoms with Gasteiger partial charge in [0.05, 0.1) is 17.3 Å². The van der Waals surface area contributed by atoms with Crippen molar-refractivity contribution < 1.29 is 0 Å². The van der Waals surface area contributed by atoms with E-state index in [-0.39, 0.29) is 0 Å². The van der Waals surface area contributed by atoms with Gasteiger partial charge in [-0.15, -0.1) is 0 Å². The quantitative estimate of drug-likeness (QED) is 0.723. The van der Waals surface area contributed by atoms with Crippen molar-refractivity contribution in [1.29, 1.82) is 0 Å². The molecule has 0 radical (unpaired) electrons. The molecule has 3 aromatic rings. The summed E-state index contributed by atoms with van der Waals surface area (Å²) in [5.74, 6) is 1.03. The Balaban J connectivity index is 1.61. The minimum atomic E-state index is 0.437. The van der Waals surface area contributed by atoms with E-state index in [1.54, 1.807) is 6.33 Å². The molecule has 1 saturated heterocycles. The highest BCUT2D eigenvalue weighted by Crippen LogP contribution is 2.31. The Kier molecular flexibility index (Phi) is 2.67. The zero-order valence-corrected chi connectivity index (χ0v) is 12.2. The van der Waals surface area contributed by atoms with E-state index in [9.17, 15) is 0 Å². The van der Waals surface area contributed by atoms with Crippen LogP contribution in [0.4, 0.5) is 5.82 Å². The number of anilines is 1. The average Bonchev–Trinajstić information content (AvgIpc) is 2.76. The fourth-order valence-electron chi connectivity index (χ4n) is 3.04. The molecule has 2 aromatic heterocycles. The van der Waals surface area contributed by atoms with Gasteiger partial charge in [-0.3, -0.25) is 4.68 Å². The molecule has 1 aliphatic rings. The van der Waals surface area contributed by atoms with Gasteiger partial charge in [-0.1, -0.05) is 12.1 Å². The molecule has 5 heteroatoms. The lowest BCUT2D eigenvalue weighted by Gasteiger charge is -2.40. The van der Waals surface area contributed by atoms with Crippen LogP contribution in [0.25, 0.3) is 10.9 Å². The number of para-hydroxylation sites is 1. The van der Waals surface area contributed by atoms with Gasteiger partial charge in [0, 0.05) is 24.2 Å². The Bertz CT molecular complexity index is 796. The maximum atomic E-state index is 4.58. The van der Waals surface area contributed by atoms with Crippen molar-refractivity contribution in [2.75, 3.05) is 18.0 Å². The predicted molar refractivity (Wildman–Crippen MR) is 82.5 cm³/mol. The molecule has 0 bridgehead atoms. The van der Waals surface area contributed by atoms with Gasteiger partial charge in [0.15, 0.2) is 0 Å². The second kappa shape index (κ2) is 4.55. The first-order valence-corrected chi connectivity index (χ1v) is 7.20. The van der Waals surface area contributed by atoms with E-state index in [0.717, 1.165) is 35.5 Å². The Morgan fingerprint density at radius 1 is 1.10 bits per heavy atom. The first-order chi connectivity index (χ1) is 10.2. The van der Waals surface area contributed by atoms with Crippen molar-refractivity contribution in [3.8, 4) is 0 Å². The summed E-state index contributed by atoms with van der Waals surface area (Å²) in [6, 6.07) is 10.7. The molecule has 1 aliphatic heterocycles. The number of fused-ring (bicyclic) bond motifs is 1. The Morgan fingerprint density at radius 3 is 2.67 bits per heavy atom. The number of hydrogen-bond acceptors (Lipinski definition) is 4. The van der Waals surface area contributed by atoms with Crippen LogP contribution in [-0.4, -0.2) is 32.8 Å². The molecule has 1 fully saturated rings. The second-order valence-corrected chi connectivity index (χ2v) is 5.64. The summed E-state index contributed by atoms with van der Waals surface area (Å²) in [7, 11) is 0. The summed E-state index contributed by atoms with van der Waals surface area (Å²) in [5, 5.41) is 5.70. The summed E-state index contributed by atoms with van der Waals surface area (Å²) in [6.45, 7) is 6.05. The average molecular weight is 279 g/mol. The standard InChI is InChI=1S/C16H17N5/c1-11-7-12(2)21(19-11)13-8-20(9-13)16-14-5-3-4-6-15(14)17-10-18-16/h3-7,10,13H,8-9H2,1-2H3. The number of hydrogen-bond donors (Lipinski definition) is 0. The Labute approximate surface area is 123 Å². The normalized spacial score (nSPS) is 15.4. The fraction of sp³-hybridized carbons (Fsp3) is 0.312. The zero-order chi connectivity index (χ0) is 14.4. The molecule has 0 amide bonds. The van der Waals surface area contributed by atoms with Gasteiger partial charge in [-0.05, 0) is 32.0 Å². The first-order valence-electron chi connectivity index (χ1n) is 7.20. The molecule has 3 heterocycles. The third kappa shape index (κ3) is 1.96. The highest BCUT2D eigenvalue weighted by molar-refractivity contribution is 5.89. The monoisotopic (exact) mass is 279 g/mol. The minimum absolute atomic E-state index is 0.437. The maximum Gasteiger partial charge on any atom is 0.140 e. The SMILES string of the molecule is Cc1cc(C)n(C2CN(c3ncnc4ccccc34)C2)n1. The summed E-state index contributed by atoms with van der Waals surface area (Å²) < 4.78 is 2.13.